The second kappa shape index (κ2) is 5.69. The van der Waals surface area contributed by atoms with Crippen LogP contribution in [0.2, 0.25) is 0 Å². The van der Waals surface area contributed by atoms with E-state index in [1.54, 1.807) is 19.2 Å². The van der Waals surface area contributed by atoms with E-state index in [1.165, 1.54) is 24.3 Å². The molecule has 2 rings (SSSR count). The van der Waals surface area contributed by atoms with Gasteiger partial charge >= 0.3 is 0 Å². The van der Waals surface area contributed by atoms with Gasteiger partial charge in [0.2, 0.25) is 5.12 Å². The van der Waals surface area contributed by atoms with Crippen molar-refractivity contribution >= 4 is 16.9 Å². The first kappa shape index (κ1) is 12.6. The summed E-state index contributed by atoms with van der Waals surface area (Å²) in [5.41, 5.74) is 0.484. The lowest BCUT2D eigenvalue weighted by molar-refractivity contribution is 0.108. The fraction of sp³-hybridized carbons (Fsp3) is 0.0714. The number of rotatable bonds is 3. The Bertz CT molecular complexity index is 535. The number of carbonyl (C=O) groups excluding carboxylic acids is 1. The highest BCUT2D eigenvalue weighted by Gasteiger charge is 2.08. The summed E-state index contributed by atoms with van der Waals surface area (Å²) in [7, 11) is 1.59. The van der Waals surface area contributed by atoms with Crippen LogP contribution in [-0.2, 0) is 0 Å². The molecule has 18 heavy (non-hydrogen) atoms. The zero-order valence-electron chi connectivity index (χ0n) is 9.72. The minimum absolute atomic E-state index is 0.111. The molecule has 0 atom stereocenters. The highest BCUT2D eigenvalue weighted by molar-refractivity contribution is 8.14. The number of thioether (sulfide) groups is 1. The number of halogens is 1. The van der Waals surface area contributed by atoms with Gasteiger partial charge in [0.25, 0.3) is 0 Å². The molecule has 0 N–H and O–H groups in total. The summed E-state index contributed by atoms with van der Waals surface area (Å²) < 4.78 is 17.8. The van der Waals surface area contributed by atoms with Gasteiger partial charge in [-0.2, -0.15) is 0 Å². The SMILES string of the molecule is COc1ccc(SC(=O)c2ccc(F)cc2)cc1. The predicted molar refractivity (Wildman–Crippen MR) is 69.6 cm³/mol. The Morgan fingerprint density at radius 2 is 1.67 bits per heavy atom. The maximum Gasteiger partial charge on any atom is 0.224 e. The van der Waals surface area contributed by atoms with E-state index in [9.17, 15) is 9.18 Å². The lowest BCUT2D eigenvalue weighted by Crippen LogP contribution is -1.93. The second-order valence-corrected chi connectivity index (χ2v) is 4.62. The van der Waals surface area contributed by atoms with Crippen LogP contribution >= 0.6 is 11.8 Å². The molecule has 0 aliphatic carbocycles. The highest BCUT2D eigenvalue weighted by Crippen LogP contribution is 2.24. The maximum absolute atomic E-state index is 12.7. The van der Waals surface area contributed by atoms with Gasteiger partial charge in [0.1, 0.15) is 11.6 Å². The van der Waals surface area contributed by atoms with Crippen LogP contribution in [0.5, 0.6) is 5.75 Å². The van der Waals surface area contributed by atoms with Crippen LogP contribution in [0.3, 0.4) is 0 Å². The highest BCUT2D eigenvalue weighted by atomic mass is 32.2. The van der Waals surface area contributed by atoms with Crippen molar-refractivity contribution in [1.82, 2.24) is 0 Å². The van der Waals surface area contributed by atoms with Gasteiger partial charge in [-0.15, -0.1) is 0 Å². The average molecular weight is 262 g/mol. The molecular formula is C14H11FO2S. The van der Waals surface area contributed by atoms with Crippen LogP contribution in [0.15, 0.2) is 53.4 Å². The topological polar surface area (TPSA) is 26.3 Å². The van der Waals surface area contributed by atoms with E-state index in [0.717, 1.165) is 22.4 Å². The standard InChI is InChI=1S/C14H11FO2S/c1-17-12-6-8-13(9-7-12)18-14(16)10-2-4-11(15)5-3-10/h2-9H,1H3. The molecule has 2 aromatic rings. The molecule has 4 heteroatoms. The molecule has 0 amide bonds. The van der Waals surface area contributed by atoms with Gasteiger partial charge in [-0.1, -0.05) is 0 Å². The lowest BCUT2D eigenvalue weighted by atomic mass is 10.2. The smallest absolute Gasteiger partial charge is 0.224 e. The number of hydrogen-bond donors (Lipinski definition) is 0. The Balaban J connectivity index is 2.08. The van der Waals surface area contributed by atoms with Crippen molar-refractivity contribution in [3.63, 3.8) is 0 Å². The van der Waals surface area contributed by atoms with Crippen molar-refractivity contribution in [1.29, 1.82) is 0 Å². The summed E-state index contributed by atoms with van der Waals surface area (Å²) in [6, 6.07) is 12.7. The zero-order chi connectivity index (χ0) is 13.0. The summed E-state index contributed by atoms with van der Waals surface area (Å²) in [6.45, 7) is 0. The van der Waals surface area contributed by atoms with E-state index >= 15 is 0 Å². The molecule has 0 spiro atoms. The van der Waals surface area contributed by atoms with E-state index in [1.807, 2.05) is 12.1 Å². The third-order valence-corrected chi connectivity index (χ3v) is 3.28. The van der Waals surface area contributed by atoms with Crippen molar-refractivity contribution in [2.45, 2.75) is 4.90 Å². The van der Waals surface area contributed by atoms with Gasteiger partial charge in [-0.3, -0.25) is 4.79 Å². The Kier molecular flexibility index (Phi) is 3.99. The summed E-state index contributed by atoms with van der Waals surface area (Å²) in [5.74, 6) is 0.398. The van der Waals surface area contributed by atoms with Crippen LogP contribution in [-0.4, -0.2) is 12.2 Å². The molecule has 0 bridgehead atoms. The predicted octanol–water partition coefficient (Wildman–Crippen LogP) is 3.77. The minimum atomic E-state index is -0.346. The van der Waals surface area contributed by atoms with Crippen LogP contribution in [0.4, 0.5) is 4.39 Å². The molecule has 0 radical (unpaired) electrons. The van der Waals surface area contributed by atoms with Crippen molar-refractivity contribution < 1.29 is 13.9 Å². The summed E-state index contributed by atoms with van der Waals surface area (Å²) in [4.78, 5) is 12.7. The monoisotopic (exact) mass is 262 g/mol. The van der Waals surface area contributed by atoms with Crippen LogP contribution in [0, 0.1) is 5.82 Å². The first-order chi connectivity index (χ1) is 8.69. The first-order valence-corrected chi connectivity index (χ1v) is 6.12. The Hall–Kier alpha value is -1.81. The molecule has 0 aliphatic rings. The van der Waals surface area contributed by atoms with E-state index in [-0.39, 0.29) is 10.9 Å². The van der Waals surface area contributed by atoms with Crippen molar-refractivity contribution in [3.05, 3.63) is 59.9 Å². The molecule has 92 valence electrons. The Labute approximate surface area is 109 Å². The van der Waals surface area contributed by atoms with Crippen molar-refractivity contribution in [2.24, 2.45) is 0 Å². The van der Waals surface area contributed by atoms with Crippen molar-refractivity contribution in [3.8, 4) is 5.75 Å². The van der Waals surface area contributed by atoms with Gasteiger partial charge in [0, 0.05) is 10.5 Å². The molecule has 0 saturated carbocycles. The fourth-order valence-electron chi connectivity index (χ4n) is 1.40. The number of carbonyl (C=O) groups is 1. The molecule has 0 unspecified atom stereocenters. The van der Waals surface area contributed by atoms with Gasteiger partial charge in [-0.25, -0.2) is 4.39 Å². The van der Waals surface area contributed by atoms with Crippen LogP contribution in [0.25, 0.3) is 0 Å². The molecule has 0 aliphatic heterocycles. The van der Waals surface area contributed by atoms with Crippen LogP contribution < -0.4 is 4.74 Å². The quantitative estimate of drug-likeness (QED) is 0.788. The maximum atomic E-state index is 12.7. The van der Waals surface area contributed by atoms with Gasteiger partial charge < -0.3 is 4.74 Å². The summed E-state index contributed by atoms with van der Waals surface area (Å²) in [6.07, 6.45) is 0. The summed E-state index contributed by atoms with van der Waals surface area (Å²) >= 11 is 1.10. The molecule has 0 heterocycles. The fourth-order valence-corrected chi connectivity index (χ4v) is 2.14. The molecule has 2 aromatic carbocycles. The number of ether oxygens (including phenoxy) is 1. The van der Waals surface area contributed by atoms with E-state index in [2.05, 4.69) is 0 Å². The molecule has 2 nitrogen and oxygen atoms in total. The zero-order valence-corrected chi connectivity index (χ0v) is 10.5. The average Bonchev–Trinajstić information content (AvgIpc) is 2.40. The first-order valence-electron chi connectivity index (χ1n) is 5.31. The lowest BCUT2D eigenvalue weighted by Gasteiger charge is -2.03. The normalized spacial score (nSPS) is 10.1. The largest absolute Gasteiger partial charge is 0.497 e. The Morgan fingerprint density at radius 1 is 1.06 bits per heavy atom. The van der Waals surface area contributed by atoms with Gasteiger partial charge in [-0.05, 0) is 60.3 Å². The third-order valence-electron chi connectivity index (χ3n) is 2.35. The van der Waals surface area contributed by atoms with Crippen LogP contribution in [0.1, 0.15) is 10.4 Å². The minimum Gasteiger partial charge on any atom is -0.497 e. The van der Waals surface area contributed by atoms with Crippen molar-refractivity contribution in [2.75, 3.05) is 7.11 Å². The molecular weight excluding hydrogens is 251 g/mol. The second-order valence-electron chi connectivity index (χ2n) is 3.57. The summed E-state index contributed by atoms with van der Waals surface area (Å²) in [5, 5.41) is -0.111. The van der Waals surface area contributed by atoms with Gasteiger partial charge in [0.15, 0.2) is 0 Å². The Morgan fingerprint density at radius 3 is 2.22 bits per heavy atom. The molecule has 0 aromatic heterocycles. The molecule has 0 saturated heterocycles. The molecule has 0 fully saturated rings. The number of benzene rings is 2. The third kappa shape index (κ3) is 3.11. The van der Waals surface area contributed by atoms with E-state index in [0.29, 0.717) is 5.56 Å². The van der Waals surface area contributed by atoms with E-state index < -0.39 is 0 Å². The van der Waals surface area contributed by atoms with Gasteiger partial charge in [0.05, 0.1) is 7.11 Å². The van der Waals surface area contributed by atoms with E-state index in [4.69, 9.17) is 4.74 Å². The number of hydrogen-bond acceptors (Lipinski definition) is 3. The number of methoxy groups -OCH3 is 1.